The van der Waals surface area contributed by atoms with Crippen molar-refractivity contribution in [3.63, 3.8) is 0 Å². The summed E-state index contributed by atoms with van der Waals surface area (Å²) < 4.78 is 36.9. The Labute approximate surface area is 72.2 Å². The molecule has 1 nitrogen and oxygen atoms in total. The topological polar surface area (TPSA) is 12.9 Å². The van der Waals surface area contributed by atoms with Gasteiger partial charge in [0, 0.05) is 11.8 Å². The summed E-state index contributed by atoms with van der Waals surface area (Å²) in [6.45, 7) is -1.73. The van der Waals surface area contributed by atoms with Crippen molar-refractivity contribution in [3.8, 4) is 0 Å². The van der Waals surface area contributed by atoms with E-state index in [9.17, 15) is 13.2 Å². The third-order valence-electron chi connectivity index (χ3n) is 1.32. The molecular weight excluding hydrogens is 191 g/mol. The summed E-state index contributed by atoms with van der Waals surface area (Å²) >= 11 is 5.36. The van der Waals surface area contributed by atoms with Crippen molar-refractivity contribution in [2.45, 2.75) is 5.92 Å². The van der Waals surface area contributed by atoms with Crippen LogP contribution in [0.1, 0.15) is 5.56 Å². The molecule has 1 aromatic heterocycles. The van der Waals surface area contributed by atoms with Gasteiger partial charge >= 0.3 is 5.92 Å². The fraction of sp³-hybridized carbons (Fsp3) is 0.286. The number of hydrogen-bond donors (Lipinski definition) is 0. The van der Waals surface area contributed by atoms with Crippen LogP contribution >= 0.6 is 11.6 Å². The van der Waals surface area contributed by atoms with E-state index < -0.39 is 18.2 Å². The summed E-state index contributed by atoms with van der Waals surface area (Å²) in [5.74, 6) is -3.46. The van der Waals surface area contributed by atoms with Gasteiger partial charge in [-0.25, -0.2) is 9.37 Å². The van der Waals surface area contributed by atoms with E-state index in [1.165, 1.54) is 6.07 Å². The molecule has 0 radical (unpaired) electrons. The van der Waals surface area contributed by atoms with Gasteiger partial charge in [0.25, 0.3) is 0 Å². The molecule has 0 aliphatic carbocycles. The quantitative estimate of drug-likeness (QED) is 0.662. The molecule has 1 aromatic rings. The highest BCUT2D eigenvalue weighted by Gasteiger charge is 2.31. The molecule has 0 atom stereocenters. The third kappa shape index (κ3) is 1.88. The van der Waals surface area contributed by atoms with E-state index >= 15 is 0 Å². The summed E-state index contributed by atoms with van der Waals surface area (Å²) in [5, 5.41) is 0.105. The number of pyridine rings is 1. The Morgan fingerprint density at radius 2 is 2.08 bits per heavy atom. The van der Waals surface area contributed by atoms with Crippen molar-refractivity contribution >= 4 is 11.6 Å². The van der Waals surface area contributed by atoms with Crippen LogP contribution in [0.2, 0.25) is 5.15 Å². The molecule has 0 fully saturated rings. The van der Waals surface area contributed by atoms with Gasteiger partial charge in [0.2, 0.25) is 0 Å². The highest BCUT2D eigenvalue weighted by Crippen LogP contribution is 2.27. The van der Waals surface area contributed by atoms with Gasteiger partial charge in [0.15, 0.2) is 6.67 Å². The van der Waals surface area contributed by atoms with Crippen LogP contribution in [0.5, 0.6) is 0 Å². The van der Waals surface area contributed by atoms with Crippen LogP contribution in [0.3, 0.4) is 0 Å². The number of aromatic nitrogens is 1. The van der Waals surface area contributed by atoms with Crippen LogP contribution in [0.4, 0.5) is 13.2 Å². The fourth-order valence-electron chi connectivity index (χ4n) is 0.669. The molecule has 0 aromatic carbocycles. The number of halogens is 4. The van der Waals surface area contributed by atoms with Crippen LogP contribution in [0.25, 0.3) is 0 Å². The molecule has 0 saturated carbocycles. The van der Waals surface area contributed by atoms with Crippen LogP contribution < -0.4 is 0 Å². The lowest BCUT2D eigenvalue weighted by molar-refractivity contribution is -0.0283. The molecule has 0 aliphatic heterocycles. The lowest BCUT2D eigenvalue weighted by atomic mass is 10.2. The second-order valence-electron chi connectivity index (χ2n) is 2.21. The Hall–Kier alpha value is -0.770. The Morgan fingerprint density at radius 3 is 2.50 bits per heavy atom. The summed E-state index contributed by atoms with van der Waals surface area (Å²) in [6.07, 6.45) is 0.863. The molecule has 0 N–H and O–H groups in total. The Morgan fingerprint density at radius 1 is 1.42 bits per heavy atom. The first-order valence-electron chi connectivity index (χ1n) is 3.12. The van der Waals surface area contributed by atoms with E-state index in [-0.39, 0.29) is 5.15 Å². The van der Waals surface area contributed by atoms with Gasteiger partial charge in [-0.05, 0) is 12.1 Å². The van der Waals surface area contributed by atoms with Crippen LogP contribution in [0.15, 0.2) is 18.3 Å². The molecule has 1 heterocycles. The molecule has 5 heteroatoms. The molecule has 0 bridgehead atoms. The monoisotopic (exact) mass is 195 g/mol. The fourth-order valence-corrected chi connectivity index (χ4v) is 0.781. The maximum atomic E-state index is 12.6. The second kappa shape index (κ2) is 3.31. The predicted octanol–water partition coefficient (Wildman–Crippen LogP) is 2.80. The van der Waals surface area contributed by atoms with E-state index in [1.807, 2.05) is 0 Å². The molecule has 0 spiro atoms. The van der Waals surface area contributed by atoms with Gasteiger partial charge in [-0.3, -0.25) is 0 Å². The number of rotatable bonds is 2. The molecule has 12 heavy (non-hydrogen) atoms. The number of nitrogens with zero attached hydrogens (tertiary/aromatic N) is 1. The minimum absolute atomic E-state index is 0.105. The Bertz CT molecular complexity index is 260. The van der Waals surface area contributed by atoms with Gasteiger partial charge in [-0.1, -0.05) is 11.6 Å². The largest absolute Gasteiger partial charge is 0.302 e. The number of hydrogen-bond acceptors (Lipinski definition) is 1. The minimum atomic E-state index is -3.46. The maximum absolute atomic E-state index is 12.6. The average molecular weight is 196 g/mol. The van der Waals surface area contributed by atoms with Crippen molar-refractivity contribution in [2.75, 3.05) is 6.67 Å². The van der Waals surface area contributed by atoms with Crippen LogP contribution in [-0.2, 0) is 5.92 Å². The predicted molar refractivity (Wildman–Crippen MR) is 39.1 cm³/mol. The first-order chi connectivity index (χ1) is 5.56. The van der Waals surface area contributed by atoms with E-state index in [1.54, 1.807) is 0 Å². The molecular formula is C7H5ClF3N. The molecule has 0 amide bonds. The van der Waals surface area contributed by atoms with Gasteiger partial charge in [0.05, 0.1) is 0 Å². The number of alkyl halides is 3. The van der Waals surface area contributed by atoms with E-state index in [2.05, 4.69) is 4.98 Å². The highest BCUT2D eigenvalue weighted by atomic mass is 35.5. The summed E-state index contributed by atoms with van der Waals surface area (Å²) in [4.78, 5) is 3.41. The standard InChI is InChI=1S/C7H5ClF3N/c8-6-2-1-5(3-12-6)7(10,11)4-9/h1-3H,4H2. The van der Waals surface area contributed by atoms with E-state index in [0.29, 0.717) is 0 Å². The van der Waals surface area contributed by atoms with Crippen molar-refractivity contribution < 1.29 is 13.2 Å². The summed E-state index contributed by atoms with van der Waals surface area (Å²) in [6, 6.07) is 2.25. The molecule has 66 valence electrons. The average Bonchev–Trinajstić information content (AvgIpc) is 2.05. The minimum Gasteiger partial charge on any atom is -0.244 e. The molecule has 0 saturated heterocycles. The smallest absolute Gasteiger partial charge is 0.244 e. The van der Waals surface area contributed by atoms with Gasteiger partial charge in [-0.15, -0.1) is 0 Å². The molecule has 1 rings (SSSR count). The lowest BCUT2D eigenvalue weighted by Crippen LogP contribution is -2.15. The van der Waals surface area contributed by atoms with Crippen molar-refractivity contribution in [1.29, 1.82) is 0 Å². The van der Waals surface area contributed by atoms with E-state index in [0.717, 1.165) is 12.3 Å². The maximum Gasteiger partial charge on any atom is 0.302 e. The second-order valence-corrected chi connectivity index (χ2v) is 2.59. The highest BCUT2D eigenvalue weighted by molar-refractivity contribution is 6.29. The van der Waals surface area contributed by atoms with Crippen molar-refractivity contribution in [1.82, 2.24) is 4.98 Å². The molecule has 0 aliphatic rings. The third-order valence-corrected chi connectivity index (χ3v) is 1.54. The lowest BCUT2D eigenvalue weighted by Gasteiger charge is -2.10. The zero-order valence-electron chi connectivity index (χ0n) is 5.90. The van der Waals surface area contributed by atoms with Crippen LogP contribution in [0, 0.1) is 0 Å². The van der Waals surface area contributed by atoms with E-state index in [4.69, 9.17) is 11.6 Å². The summed E-state index contributed by atoms with van der Waals surface area (Å²) in [5.41, 5.74) is -0.464. The normalized spacial score (nSPS) is 11.7. The Balaban J connectivity index is 2.96. The van der Waals surface area contributed by atoms with Gasteiger partial charge in [0.1, 0.15) is 5.15 Å². The zero-order valence-corrected chi connectivity index (χ0v) is 6.65. The summed E-state index contributed by atoms with van der Waals surface area (Å²) in [7, 11) is 0. The molecule has 0 unspecified atom stereocenters. The first kappa shape index (κ1) is 9.32. The van der Waals surface area contributed by atoms with Gasteiger partial charge in [-0.2, -0.15) is 8.78 Å². The zero-order chi connectivity index (χ0) is 9.19. The van der Waals surface area contributed by atoms with Crippen molar-refractivity contribution in [3.05, 3.63) is 29.0 Å². The first-order valence-corrected chi connectivity index (χ1v) is 3.50. The van der Waals surface area contributed by atoms with Gasteiger partial charge < -0.3 is 0 Å². The Kier molecular flexibility index (Phi) is 2.57. The van der Waals surface area contributed by atoms with Crippen LogP contribution in [-0.4, -0.2) is 11.7 Å². The van der Waals surface area contributed by atoms with Crippen molar-refractivity contribution in [2.24, 2.45) is 0 Å². The SMILES string of the molecule is FCC(F)(F)c1ccc(Cl)nc1.